The van der Waals surface area contributed by atoms with Crippen LogP contribution in [0.5, 0.6) is 0 Å². The van der Waals surface area contributed by atoms with E-state index in [2.05, 4.69) is 149 Å². The van der Waals surface area contributed by atoms with E-state index in [4.69, 9.17) is 0 Å². The van der Waals surface area contributed by atoms with E-state index < -0.39 is 0 Å². The zero-order chi connectivity index (χ0) is 30.7. The second kappa shape index (κ2) is 9.12. The van der Waals surface area contributed by atoms with Crippen LogP contribution in [0.4, 0.5) is 0 Å². The summed E-state index contributed by atoms with van der Waals surface area (Å²) in [5, 5.41) is 1.57. The molecule has 0 saturated heterocycles. The molecular formula is C43H32OS. The van der Waals surface area contributed by atoms with Gasteiger partial charge in [-0.3, -0.25) is 4.79 Å². The number of fused-ring (bicyclic) bond motifs is 8. The molecule has 0 atom stereocenters. The van der Waals surface area contributed by atoms with Crippen molar-refractivity contribution in [1.82, 2.24) is 0 Å². The fraction of sp³-hybridized carbons (Fsp3) is 0.140. The van der Waals surface area contributed by atoms with Crippen molar-refractivity contribution in [2.45, 2.75) is 38.5 Å². The zero-order valence-electron chi connectivity index (χ0n) is 25.9. The summed E-state index contributed by atoms with van der Waals surface area (Å²) < 4.78 is 2.04. The van der Waals surface area contributed by atoms with E-state index in [1.165, 1.54) is 55.6 Å². The van der Waals surface area contributed by atoms with Gasteiger partial charge >= 0.3 is 0 Å². The Morgan fingerprint density at radius 1 is 0.444 bits per heavy atom. The molecule has 216 valence electrons. The molecule has 2 heteroatoms. The minimum absolute atomic E-state index is 0.0650. The topological polar surface area (TPSA) is 17.1 Å². The molecule has 0 spiro atoms. The maximum absolute atomic E-state index is 14.3. The Bertz CT molecular complexity index is 2290. The summed E-state index contributed by atoms with van der Waals surface area (Å²) in [6.45, 7) is 9.24. The van der Waals surface area contributed by atoms with Crippen molar-refractivity contribution in [2.24, 2.45) is 0 Å². The first-order valence-corrected chi connectivity index (χ1v) is 16.5. The molecule has 0 amide bonds. The van der Waals surface area contributed by atoms with Gasteiger partial charge in [-0.15, -0.1) is 11.3 Å². The van der Waals surface area contributed by atoms with E-state index in [1.54, 1.807) is 11.3 Å². The summed E-state index contributed by atoms with van der Waals surface area (Å²) in [5.41, 5.74) is 15.1. The largest absolute Gasteiger partial charge is 0.289 e. The summed E-state index contributed by atoms with van der Waals surface area (Å²) >= 11 is 1.70. The van der Waals surface area contributed by atoms with Gasteiger partial charge < -0.3 is 0 Å². The number of rotatable bonds is 2. The van der Waals surface area contributed by atoms with Crippen LogP contribution in [0.25, 0.3) is 64.7 Å². The first kappa shape index (κ1) is 26.6. The lowest BCUT2D eigenvalue weighted by atomic mass is 9.82. The summed E-state index contributed by atoms with van der Waals surface area (Å²) in [6, 6.07) is 43.7. The van der Waals surface area contributed by atoms with Crippen molar-refractivity contribution in [3.63, 3.8) is 0 Å². The summed E-state index contributed by atoms with van der Waals surface area (Å²) in [4.78, 5) is 14.3. The van der Waals surface area contributed by atoms with Crippen LogP contribution in [0.2, 0.25) is 0 Å². The molecule has 0 radical (unpaired) electrons. The van der Waals surface area contributed by atoms with Crippen LogP contribution in [-0.2, 0) is 10.8 Å². The van der Waals surface area contributed by atoms with Crippen molar-refractivity contribution in [3.8, 4) is 44.5 Å². The van der Waals surface area contributed by atoms with Gasteiger partial charge in [0.05, 0.1) is 0 Å². The van der Waals surface area contributed by atoms with Gasteiger partial charge in [-0.05, 0) is 91.0 Å². The molecule has 9 rings (SSSR count). The van der Waals surface area contributed by atoms with E-state index in [-0.39, 0.29) is 16.3 Å². The van der Waals surface area contributed by atoms with Crippen LogP contribution in [0.1, 0.15) is 49.9 Å². The highest BCUT2D eigenvalue weighted by atomic mass is 32.1. The number of hydrogen-bond acceptors (Lipinski definition) is 2. The van der Waals surface area contributed by atoms with E-state index >= 15 is 0 Å². The van der Waals surface area contributed by atoms with Crippen molar-refractivity contribution in [3.05, 3.63) is 154 Å². The maximum Gasteiger partial charge on any atom is 0.195 e. The fourth-order valence-electron chi connectivity index (χ4n) is 8.18. The molecule has 1 heterocycles. The summed E-state index contributed by atoms with van der Waals surface area (Å²) in [7, 11) is 0. The lowest BCUT2D eigenvalue weighted by Gasteiger charge is -2.21. The van der Waals surface area contributed by atoms with Crippen LogP contribution >= 0.6 is 11.3 Å². The van der Waals surface area contributed by atoms with Gasteiger partial charge in [-0.2, -0.15) is 0 Å². The monoisotopic (exact) mass is 596 g/mol. The van der Waals surface area contributed by atoms with Crippen molar-refractivity contribution < 1.29 is 0 Å². The third kappa shape index (κ3) is 3.58. The van der Waals surface area contributed by atoms with Gasteiger partial charge in [0.25, 0.3) is 0 Å². The van der Waals surface area contributed by atoms with Gasteiger partial charge in [-0.1, -0.05) is 125 Å². The van der Waals surface area contributed by atoms with Crippen LogP contribution in [0, 0.1) is 0 Å². The molecule has 0 saturated carbocycles. The highest BCUT2D eigenvalue weighted by molar-refractivity contribution is 7.24. The molecule has 1 nitrogen and oxygen atoms in total. The Labute approximate surface area is 267 Å². The Kier molecular flexibility index (Phi) is 5.39. The lowest BCUT2D eigenvalue weighted by molar-refractivity contribution is 0.660. The van der Waals surface area contributed by atoms with Crippen LogP contribution in [0.3, 0.4) is 0 Å². The molecule has 0 fully saturated rings. The normalized spacial score (nSPS) is 15.1. The summed E-state index contributed by atoms with van der Waals surface area (Å²) in [5.74, 6) is 0. The molecule has 2 aliphatic carbocycles. The molecule has 0 bridgehead atoms. The third-order valence-electron chi connectivity index (χ3n) is 10.5. The Hall–Kier alpha value is -4.79. The van der Waals surface area contributed by atoms with E-state index in [0.29, 0.717) is 0 Å². The number of benzene rings is 6. The predicted molar refractivity (Wildman–Crippen MR) is 192 cm³/mol. The van der Waals surface area contributed by atoms with E-state index in [1.807, 2.05) is 0 Å². The maximum atomic E-state index is 14.3. The van der Waals surface area contributed by atoms with Crippen molar-refractivity contribution in [2.75, 3.05) is 0 Å². The minimum Gasteiger partial charge on any atom is -0.289 e. The van der Waals surface area contributed by atoms with Crippen LogP contribution in [-0.4, -0.2) is 0 Å². The van der Waals surface area contributed by atoms with Crippen LogP contribution < -0.4 is 5.43 Å². The smallest absolute Gasteiger partial charge is 0.195 e. The Balaban J connectivity index is 1.23. The molecule has 7 aromatic rings. The average molecular weight is 597 g/mol. The first-order valence-electron chi connectivity index (χ1n) is 15.7. The van der Waals surface area contributed by atoms with Crippen LogP contribution in [0.15, 0.2) is 126 Å². The zero-order valence-corrected chi connectivity index (χ0v) is 26.7. The lowest BCUT2D eigenvalue weighted by Crippen LogP contribution is -2.14. The summed E-state index contributed by atoms with van der Waals surface area (Å²) in [6.07, 6.45) is 0. The predicted octanol–water partition coefficient (Wildman–Crippen LogP) is 11.4. The van der Waals surface area contributed by atoms with Gasteiger partial charge in [-0.25, -0.2) is 0 Å². The second-order valence-electron chi connectivity index (χ2n) is 13.7. The van der Waals surface area contributed by atoms with Gasteiger partial charge in [0.1, 0.15) is 0 Å². The third-order valence-corrected chi connectivity index (χ3v) is 11.7. The quantitative estimate of drug-likeness (QED) is 0.181. The highest BCUT2D eigenvalue weighted by Gasteiger charge is 2.37. The molecule has 6 aromatic carbocycles. The van der Waals surface area contributed by atoms with E-state index in [9.17, 15) is 4.79 Å². The van der Waals surface area contributed by atoms with Crippen molar-refractivity contribution in [1.29, 1.82) is 0 Å². The highest BCUT2D eigenvalue weighted by Crippen LogP contribution is 2.53. The molecular weight excluding hydrogens is 565 g/mol. The molecule has 1 aromatic heterocycles. The SMILES string of the molecule is CC1(C)c2ccccc2-c2c(-c3ccc4sc5ccc(-c6cccc7c6-c6ccccc6C7(C)C)cc5c(=O)c4c3)cccc21. The minimum atomic E-state index is -0.0650. The average Bonchev–Trinajstić information content (AvgIpc) is 3.45. The van der Waals surface area contributed by atoms with Crippen molar-refractivity contribution >= 4 is 31.5 Å². The standard InChI is InChI=1S/C43H32OS/c1-42(2)33-15-7-5-11-29(33)39-27(13-9-17-35(39)42)25-19-21-37-31(23-25)41(44)32-24-26(20-22-38(32)45-37)28-14-10-18-36-40(28)30-12-6-8-16-34(30)43(36,3)4/h5-24H,1-4H3. The fourth-order valence-corrected chi connectivity index (χ4v) is 9.21. The van der Waals surface area contributed by atoms with Gasteiger partial charge in [0, 0.05) is 31.0 Å². The molecule has 2 aliphatic rings. The Morgan fingerprint density at radius 3 is 1.31 bits per heavy atom. The second-order valence-corrected chi connectivity index (χ2v) is 14.7. The molecule has 0 N–H and O–H groups in total. The molecule has 0 aliphatic heterocycles. The van der Waals surface area contributed by atoms with Gasteiger partial charge in [0.15, 0.2) is 5.43 Å². The molecule has 0 unspecified atom stereocenters. The van der Waals surface area contributed by atoms with Gasteiger partial charge in [0.2, 0.25) is 0 Å². The first-order chi connectivity index (χ1) is 21.7. The Morgan fingerprint density at radius 2 is 0.844 bits per heavy atom. The molecule has 45 heavy (non-hydrogen) atoms. The number of hydrogen-bond donors (Lipinski definition) is 0. The van der Waals surface area contributed by atoms with E-state index in [0.717, 1.165) is 31.3 Å².